The van der Waals surface area contributed by atoms with E-state index in [0.717, 1.165) is 31.5 Å². The Bertz CT molecular complexity index is 249. The van der Waals surface area contributed by atoms with Crippen molar-refractivity contribution < 1.29 is 4.79 Å². The molecule has 2 aliphatic rings. The van der Waals surface area contributed by atoms with Gasteiger partial charge in [0.15, 0.2) is 0 Å². The molecule has 0 aromatic rings. The second-order valence-electron chi connectivity index (χ2n) is 5.86. The fourth-order valence-electron chi connectivity index (χ4n) is 3.21. The van der Waals surface area contributed by atoms with E-state index in [4.69, 9.17) is 0 Å². The quantitative estimate of drug-likeness (QED) is 0.812. The van der Waals surface area contributed by atoms with Gasteiger partial charge in [-0.3, -0.25) is 4.79 Å². The van der Waals surface area contributed by atoms with Crippen LogP contribution in [0.4, 0.5) is 0 Å². The third kappa shape index (κ3) is 3.98. The monoisotopic (exact) mass is 238 g/mol. The Morgan fingerprint density at radius 2 is 2.00 bits per heavy atom. The molecule has 98 valence electrons. The van der Waals surface area contributed by atoms with Gasteiger partial charge in [0.2, 0.25) is 5.91 Å². The lowest BCUT2D eigenvalue weighted by Crippen LogP contribution is -2.38. The largest absolute Gasteiger partial charge is 0.342 e. The third-order valence-electron chi connectivity index (χ3n) is 4.21. The first-order valence-corrected chi connectivity index (χ1v) is 7.24. The van der Waals surface area contributed by atoms with Crippen LogP contribution in [-0.2, 0) is 4.79 Å². The summed E-state index contributed by atoms with van der Waals surface area (Å²) in [5.41, 5.74) is 0. The third-order valence-corrected chi connectivity index (χ3v) is 4.21. The Labute approximate surface area is 105 Å². The van der Waals surface area contributed by atoms with E-state index in [9.17, 15) is 4.79 Å². The van der Waals surface area contributed by atoms with Gasteiger partial charge in [0.1, 0.15) is 0 Å². The highest BCUT2D eigenvalue weighted by Crippen LogP contribution is 2.27. The van der Waals surface area contributed by atoms with Crippen LogP contribution in [0.2, 0.25) is 0 Å². The molecule has 2 atom stereocenters. The molecule has 0 radical (unpaired) electrons. The van der Waals surface area contributed by atoms with Crippen molar-refractivity contribution in [2.24, 2.45) is 11.8 Å². The van der Waals surface area contributed by atoms with Gasteiger partial charge in [-0.15, -0.1) is 0 Å². The van der Waals surface area contributed by atoms with Crippen molar-refractivity contribution in [2.75, 3.05) is 26.2 Å². The Morgan fingerprint density at radius 3 is 2.71 bits per heavy atom. The predicted octanol–water partition coefficient (Wildman–Crippen LogP) is 2.02. The van der Waals surface area contributed by atoms with Gasteiger partial charge in [-0.25, -0.2) is 0 Å². The van der Waals surface area contributed by atoms with Gasteiger partial charge in [0.05, 0.1) is 6.54 Å². The minimum atomic E-state index is 0.298. The summed E-state index contributed by atoms with van der Waals surface area (Å²) in [6.45, 7) is 5.87. The molecular weight excluding hydrogens is 212 g/mol. The number of hydrogen-bond acceptors (Lipinski definition) is 2. The van der Waals surface area contributed by atoms with Crippen LogP contribution in [0.25, 0.3) is 0 Å². The summed E-state index contributed by atoms with van der Waals surface area (Å²) in [6, 6.07) is 0. The van der Waals surface area contributed by atoms with E-state index in [-0.39, 0.29) is 0 Å². The van der Waals surface area contributed by atoms with E-state index in [1.54, 1.807) is 0 Å². The lowest BCUT2D eigenvalue weighted by Gasteiger charge is -2.27. The van der Waals surface area contributed by atoms with Crippen molar-refractivity contribution in [1.29, 1.82) is 0 Å². The van der Waals surface area contributed by atoms with Crippen molar-refractivity contribution in [3.63, 3.8) is 0 Å². The van der Waals surface area contributed by atoms with Gasteiger partial charge >= 0.3 is 0 Å². The Balaban J connectivity index is 1.60. The van der Waals surface area contributed by atoms with E-state index < -0.39 is 0 Å². The summed E-state index contributed by atoms with van der Waals surface area (Å²) >= 11 is 0. The highest BCUT2D eigenvalue weighted by Gasteiger charge is 2.20. The number of amides is 1. The zero-order valence-corrected chi connectivity index (χ0v) is 11.1. The smallest absolute Gasteiger partial charge is 0.236 e. The van der Waals surface area contributed by atoms with E-state index >= 15 is 0 Å². The van der Waals surface area contributed by atoms with Crippen molar-refractivity contribution in [3.05, 3.63) is 0 Å². The molecule has 1 saturated carbocycles. The fourth-order valence-corrected chi connectivity index (χ4v) is 3.21. The maximum Gasteiger partial charge on any atom is 0.236 e. The number of carbonyl (C=O) groups is 1. The van der Waals surface area contributed by atoms with Crippen LogP contribution in [0, 0.1) is 11.8 Å². The maximum atomic E-state index is 11.8. The van der Waals surface area contributed by atoms with Gasteiger partial charge in [-0.1, -0.05) is 19.8 Å². The molecule has 1 heterocycles. The molecule has 3 nitrogen and oxygen atoms in total. The number of nitrogens with zero attached hydrogens (tertiary/aromatic N) is 1. The van der Waals surface area contributed by atoms with Crippen LogP contribution < -0.4 is 5.32 Å². The first-order valence-electron chi connectivity index (χ1n) is 7.24. The number of likely N-dealkylation sites (tertiary alicyclic amines) is 1. The fraction of sp³-hybridized carbons (Fsp3) is 0.929. The molecule has 1 N–H and O–H groups in total. The zero-order chi connectivity index (χ0) is 12.1. The molecule has 1 amide bonds. The first-order chi connectivity index (χ1) is 8.25. The lowest BCUT2D eigenvalue weighted by atomic mass is 9.82. The summed E-state index contributed by atoms with van der Waals surface area (Å²) in [7, 11) is 0. The Morgan fingerprint density at radius 1 is 1.24 bits per heavy atom. The highest BCUT2D eigenvalue weighted by molar-refractivity contribution is 5.78. The molecule has 2 unspecified atom stereocenters. The van der Waals surface area contributed by atoms with Crippen molar-refractivity contribution in [2.45, 2.75) is 45.4 Å². The maximum absolute atomic E-state index is 11.8. The molecule has 17 heavy (non-hydrogen) atoms. The van der Waals surface area contributed by atoms with Gasteiger partial charge in [-0.05, 0) is 44.1 Å². The second kappa shape index (κ2) is 6.39. The predicted molar refractivity (Wildman–Crippen MR) is 69.8 cm³/mol. The molecule has 2 rings (SSSR count). The van der Waals surface area contributed by atoms with E-state index in [1.807, 2.05) is 4.90 Å². The number of hydrogen-bond donors (Lipinski definition) is 1. The van der Waals surface area contributed by atoms with Crippen LogP contribution >= 0.6 is 0 Å². The topological polar surface area (TPSA) is 32.3 Å². The minimum absolute atomic E-state index is 0.298. The molecular formula is C14H26N2O. The van der Waals surface area contributed by atoms with Gasteiger partial charge < -0.3 is 10.2 Å². The van der Waals surface area contributed by atoms with Crippen molar-refractivity contribution in [1.82, 2.24) is 10.2 Å². The standard InChI is InChI=1S/C14H26N2O/c1-12-5-4-6-13(9-12)10-15-11-14(17)16-7-2-3-8-16/h12-13,15H,2-11H2,1H3. The first kappa shape index (κ1) is 12.9. The van der Waals surface area contributed by atoms with Gasteiger partial charge in [-0.2, -0.15) is 0 Å². The molecule has 3 heteroatoms. The minimum Gasteiger partial charge on any atom is -0.342 e. The lowest BCUT2D eigenvalue weighted by molar-refractivity contribution is -0.129. The van der Waals surface area contributed by atoms with Crippen LogP contribution in [0.5, 0.6) is 0 Å². The average Bonchev–Trinajstić information content (AvgIpc) is 2.82. The molecule has 0 aromatic heterocycles. The highest BCUT2D eigenvalue weighted by atomic mass is 16.2. The van der Waals surface area contributed by atoms with Crippen LogP contribution in [0.15, 0.2) is 0 Å². The van der Waals surface area contributed by atoms with E-state index in [2.05, 4.69) is 12.2 Å². The molecule has 0 spiro atoms. The van der Waals surface area contributed by atoms with Crippen LogP contribution in [0.1, 0.15) is 45.4 Å². The Kier molecular flexibility index (Phi) is 4.84. The summed E-state index contributed by atoms with van der Waals surface area (Å²) in [5.74, 6) is 1.97. The summed E-state index contributed by atoms with van der Waals surface area (Å²) in [5, 5.41) is 3.36. The molecule has 1 aliphatic carbocycles. The molecule has 1 aliphatic heterocycles. The number of carbonyl (C=O) groups excluding carboxylic acids is 1. The molecule has 1 saturated heterocycles. The molecule has 2 fully saturated rings. The average molecular weight is 238 g/mol. The SMILES string of the molecule is CC1CCCC(CNCC(=O)N2CCCC2)C1. The number of nitrogens with one attached hydrogen (secondary N) is 1. The normalized spacial score (nSPS) is 29.6. The zero-order valence-electron chi connectivity index (χ0n) is 11.1. The summed E-state index contributed by atoms with van der Waals surface area (Å²) < 4.78 is 0. The molecule has 0 bridgehead atoms. The van der Waals surface area contributed by atoms with E-state index in [0.29, 0.717) is 12.5 Å². The summed E-state index contributed by atoms with van der Waals surface area (Å²) in [4.78, 5) is 13.8. The van der Waals surface area contributed by atoms with Gasteiger partial charge in [0, 0.05) is 13.1 Å². The summed E-state index contributed by atoms with van der Waals surface area (Å²) in [6.07, 6.45) is 7.81. The van der Waals surface area contributed by atoms with Crippen LogP contribution in [-0.4, -0.2) is 37.0 Å². The second-order valence-corrected chi connectivity index (χ2v) is 5.86. The number of rotatable bonds is 4. The van der Waals surface area contributed by atoms with Gasteiger partial charge in [0.25, 0.3) is 0 Å². The van der Waals surface area contributed by atoms with Crippen molar-refractivity contribution in [3.8, 4) is 0 Å². The Hall–Kier alpha value is -0.570. The van der Waals surface area contributed by atoms with E-state index in [1.165, 1.54) is 38.5 Å². The van der Waals surface area contributed by atoms with Crippen molar-refractivity contribution >= 4 is 5.91 Å². The molecule has 0 aromatic carbocycles. The van der Waals surface area contributed by atoms with Crippen LogP contribution in [0.3, 0.4) is 0 Å².